The van der Waals surface area contributed by atoms with Gasteiger partial charge in [0.1, 0.15) is 0 Å². The zero-order valence-electron chi connectivity index (χ0n) is 18.6. The van der Waals surface area contributed by atoms with Gasteiger partial charge in [0, 0.05) is 30.8 Å². The van der Waals surface area contributed by atoms with E-state index in [1.54, 1.807) is 44.4 Å². The molecule has 3 unspecified atom stereocenters. The summed E-state index contributed by atoms with van der Waals surface area (Å²) in [5.41, 5.74) is -0.264. The molecule has 1 N–H and O–H groups in total. The highest BCUT2D eigenvalue weighted by molar-refractivity contribution is 5.66. The van der Waals surface area contributed by atoms with Gasteiger partial charge in [0.15, 0.2) is 17.6 Å². The molecule has 1 aromatic heterocycles. The number of aliphatic carboxylic acids is 1. The van der Waals surface area contributed by atoms with Crippen LogP contribution in [0.5, 0.6) is 5.75 Å². The number of ether oxygens (including phenoxy) is 3. The van der Waals surface area contributed by atoms with Crippen LogP contribution in [0, 0.1) is 16.0 Å². The van der Waals surface area contributed by atoms with Crippen molar-refractivity contribution in [3.8, 4) is 5.75 Å². The minimum atomic E-state index is -1.02. The molecule has 33 heavy (non-hydrogen) atoms. The number of carboxylic acids is 1. The average molecular weight is 456 g/mol. The lowest BCUT2D eigenvalue weighted by Crippen LogP contribution is -2.50. The Kier molecular flexibility index (Phi) is 8.13. The molecular weight excluding hydrogens is 428 g/mol. The van der Waals surface area contributed by atoms with Gasteiger partial charge in [-0.3, -0.25) is 19.9 Å². The number of aromatic nitrogens is 1. The number of nitro groups is 1. The van der Waals surface area contributed by atoms with E-state index >= 15 is 0 Å². The van der Waals surface area contributed by atoms with E-state index in [1.165, 1.54) is 6.07 Å². The Bertz CT molecular complexity index is 978. The summed E-state index contributed by atoms with van der Waals surface area (Å²) in [6, 6.07) is 9.95. The topological polar surface area (TPSA) is 121 Å². The lowest BCUT2D eigenvalue weighted by atomic mass is 9.92. The van der Waals surface area contributed by atoms with Crippen LogP contribution in [-0.2, 0) is 14.3 Å². The van der Waals surface area contributed by atoms with Gasteiger partial charge in [-0.1, -0.05) is 30.4 Å². The molecule has 0 spiro atoms. The molecule has 1 saturated heterocycles. The smallest absolute Gasteiger partial charge is 0.310 e. The summed E-state index contributed by atoms with van der Waals surface area (Å²) in [5.74, 6) is -0.713. The summed E-state index contributed by atoms with van der Waals surface area (Å²) in [7, 11) is 0. The Morgan fingerprint density at radius 3 is 2.79 bits per heavy atom. The van der Waals surface area contributed by atoms with Crippen LogP contribution in [0.2, 0.25) is 0 Å². The molecule has 0 aliphatic carbocycles. The van der Waals surface area contributed by atoms with Crippen molar-refractivity contribution in [3.63, 3.8) is 0 Å². The van der Waals surface area contributed by atoms with E-state index < -0.39 is 22.8 Å². The Labute approximate surface area is 192 Å². The Morgan fingerprint density at radius 2 is 2.09 bits per heavy atom. The lowest BCUT2D eigenvalue weighted by molar-refractivity contribution is -0.386. The zero-order valence-corrected chi connectivity index (χ0v) is 18.6. The zero-order chi connectivity index (χ0) is 23.8. The summed E-state index contributed by atoms with van der Waals surface area (Å²) in [4.78, 5) is 25.8. The molecule has 2 heterocycles. The van der Waals surface area contributed by atoms with Gasteiger partial charge in [-0.25, -0.2) is 0 Å². The number of rotatable bonds is 10. The molecule has 3 rings (SSSR count). The van der Waals surface area contributed by atoms with Crippen molar-refractivity contribution in [1.82, 2.24) is 4.98 Å². The van der Waals surface area contributed by atoms with Crippen LogP contribution in [0.25, 0.3) is 0 Å². The highest BCUT2D eigenvalue weighted by Gasteiger charge is 2.42. The summed E-state index contributed by atoms with van der Waals surface area (Å²) >= 11 is 0. The highest BCUT2D eigenvalue weighted by Crippen LogP contribution is 2.39. The van der Waals surface area contributed by atoms with E-state index in [2.05, 4.69) is 4.98 Å². The molecule has 1 aliphatic rings. The van der Waals surface area contributed by atoms with E-state index in [0.29, 0.717) is 19.4 Å². The maximum Gasteiger partial charge on any atom is 0.310 e. The van der Waals surface area contributed by atoms with Gasteiger partial charge in [0.05, 0.1) is 17.6 Å². The maximum absolute atomic E-state index is 11.4. The molecule has 0 radical (unpaired) electrons. The van der Waals surface area contributed by atoms with Gasteiger partial charge in [0.2, 0.25) is 0 Å². The first-order chi connectivity index (χ1) is 15.8. The van der Waals surface area contributed by atoms with Crippen molar-refractivity contribution in [1.29, 1.82) is 0 Å². The summed E-state index contributed by atoms with van der Waals surface area (Å²) in [5, 5.41) is 20.1. The largest absolute Gasteiger partial charge is 0.481 e. The first-order valence-corrected chi connectivity index (χ1v) is 10.7. The van der Waals surface area contributed by atoms with Crippen molar-refractivity contribution in [2.75, 3.05) is 6.61 Å². The number of hydrogen-bond donors (Lipinski definition) is 1. The van der Waals surface area contributed by atoms with Gasteiger partial charge in [-0.05, 0) is 44.4 Å². The second-order valence-corrected chi connectivity index (χ2v) is 8.34. The molecule has 1 aromatic carbocycles. The monoisotopic (exact) mass is 456 g/mol. The molecule has 1 aliphatic heterocycles. The number of pyridine rings is 1. The number of para-hydroxylation sites is 2. The first kappa shape index (κ1) is 24.3. The Hall–Kier alpha value is -3.30. The van der Waals surface area contributed by atoms with Crippen LogP contribution in [0.3, 0.4) is 0 Å². The van der Waals surface area contributed by atoms with Crippen LogP contribution >= 0.6 is 0 Å². The van der Waals surface area contributed by atoms with Gasteiger partial charge in [0.25, 0.3) is 0 Å². The van der Waals surface area contributed by atoms with Crippen molar-refractivity contribution < 1.29 is 29.0 Å². The normalized spacial score (nSPS) is 21.1. The quantitative estimate of drug-likeness (QED) is 0.310. The molecule has 0 saturated carbocycles. The van der Waals surface area contributed by atoms with Crippen molar-refractivity contribution in [2.45, 2.75) is 51.1 Å². The molecule has 2 aromatic rings. The highest BCUT2D eigenvalue weighted by atomic mass is 16.7. The van der Waals surface area contributed by atoms with Crippen molar-refractivity contribution >= 4 is 11.7 Å². The van der Waals surface area contributed by atoms with Gasteiger partial charge in [-0.15, -0.1) is 0 Å². The Balaban J connectivity index is 1.75. The molecule has 9 heteroatoms. The lowest BCUT2D eigenvalue weighted by Gasteiger charge is -2.42. The third kappa shape index (κ3) is 6.59. The molecule has 1 fully saturated rings. The SMILES string of the molecule is CC(C)(Oc1ccccc1[N+](=O)[O-])C1OCC(C/C=C\CCC(=O)O)C(c2cccnc2)O1. The third-order valence-corrected chi connectivity index (χ3v) is 5.31. The second kappa shape index (κ2) is 11.0. The fraction of sp³-hybridized carbons (Fsp3) is 0.417. The second-order valence-electron chi connectivity index (χ2n) is 8.34. The Morgan fingerprint density at radius 1 is 1.30 bits per heavy atom. The predicted octanol–water partition coefficient (Wildman–Crippen LogP) is 4.69. The number of hydrogen-bond acceptors (Lipinski definition) is 7. The summed E-state index contributed by atoms with van der Waals surface area (Å²) in [6.45, 7) is 3.90. The summed E-state index contributed by atoms with van der Waals surface area (Å²) in [6.07, 6.45) is 7.27. The van der Waals surface area contributed by atoms with Crippen LogP contribution in [0.4, 0.5) is 5.69 Å². The number of benzene rings is 1. The maximum atomic E-state index is 11.4. The first-order valence-electron chi connectivity index (χ1n) is 10.7. The molecule has 9 nitrogen and oxygen atoms in total. The van der Waals surface area contributed by atoms with E-state index in [-0.39, 0.29) is 29.9 Å². The number of carboxylic acid groups (broad SMARTS) is 1. The van der Waals surface area contributed by atoms with Crippen LogP contribution < -0.4 is 4.74 Å². The number of nitrogens with zero attached hydrogens (tertiary/aromatic N) is 2. The van der Waals surface area contributed by atoms with Crippen molar-refractivity contribution in [2.24, 2.45) is 5.92 Å². The number of nitro benzene ring substituents is 1. The minimum absolute atomic E-state index is 0.0200. The van der Waals surface area contributed by atoms with Crippen LogP contribution in [-0.4, -0.2) is 39.5 Å². The number of carbonyl (C=O) groups is 1. The van der Waals surface area contributed by atoms with Gasteiger partial charge in [-0.2, -0.15) is 0 Å². The van der Waals surface area contributed by atoms with Crippen molar-refractivity contribution in [3.05, 3.63) is 76.6 Å². The fourth-order valence-corrected chi connectivity index (χ4v) is 3.65. The molecule has 176 valence electrons. The molecule has 3 atom stereocenters. The fourth-order valence-electron chi connectivity index (χ4n) is 3.65. The van der Waals surface area contributed by atoms with E-state index in [4.69, 9.17) is 19.3 Å². The summed E-state index contributed by atoms with van der Waals surface area (Å²) < 4.78 is 18.4. The van der Waals surface area contributed by atoms with Gasteiger partial charge >= 0.3 is 11.7 Å². The van der Waals surface area contributed by atoms with E-state index in [0.717, 1.165) is 5.56 Å². The third-order valence-electron chi connectivity index (χ3n) is 5.31. The minimum Gasteiger partial charge on any atom is -0.481 e. The van der Waals surface area contributed by atoms with Crippen LogP contribution in [0.1, 0.15) is 44.8 Å². The molecule has 0 bridgehead atoms. The number of allylic oxidation sites excluding steroid dienone is 2. The average Bonchev–Trinajstić information content (AvgIpc) is 2.79. The molecule has 0 amide bonds. The van der Waals surface area contributed by atoms with Gasteiger partial charge < -0.3 is 19.3 Å². The van der Waals surface area contributed by atoms with Crippen LogP contribution in [0.15, 0.2) is 60.9 Å². The standard InChI is InChI=1S/C24H28N2O7/c1-24(2,33-20-12-7-6-11-19(20)26(29)30)23-31-16-18(9-4-3-5-13-21(27)28)22(32-23)17-10-8-14-25-15-17/h3-4,6-8,10-12,14-15,18,22-23H,5,9,13,16H2,1-2H3,(H,27,28)/b4-3-. The molecular formula is C24H28N2O7. The van der Waals surface area contributed by atoms with E-state index in [9.17, 15) is 14.9 Å². The van der Waals surface area contributed by atoms with E-state index in [1.807, 2.05) is 24.3 Å². The predicted molar refractivity (Wildman–Crippen MR) is 120 cm³/mol.